The van der Waals surface area contributed by atoms with Gasteiger partial charge in [-0.15, -0.1) is 11.3 Å². The van der Waals surface area contributed by atoms with E-state index in [1.54, 1.807) is 11.3 Å². The first-order valence-corrected chi connectivity index (χ1v) is 10.4. The summed E-state index contributed by atoms with van der Waals surface area (Å²) in [7, 11) is 0. The van der Waals surface area contributed by atoms with Gasteiger partial charge in [0, 0.05) is 16.0 Å². The molecule has 0 aliphatic rings. The van der Waals surface area contributed by atoms with E-state index in [0.717, 1.165) is 27.9 Å². The monoisotopic (exact) mass is 388 g/mol. The standard InChI is InChI=1S/C24H24N2OS/c1-5-18-19(15-11-13-17(14-12-15)24(2,3)4)20-22(27)25-21(26-23(20)28-18)16-9-7-6-8-10-16/h6-14H,5H2,1-4H3,(H,25,26,27). The number of fused-ring (bicyclic) bond motifs is 1. The summed E-state index contributed by atoms with van der Waals surface area (Å²) in [5.41, 5.74) is 4.34. The predicted molar refractivity (Wildman–Crippen MR) is 119 cm³/mol. The lowest BCUT2D eigenvalue weighted by atomic mass is 9.86. The van der Waals surface area contributed by atoms with Crippen LogP contribution in [-0.2, 0) is 11.8 Å². The van der Waals surface area contributed by atoms with E-state index >= 15 is 0 Å². The number of hydrogen-bond donors (Lipinski definition) is 1. The molecule has 4 aromatic rings. The fraction of sp³-hybridized carbons (Fsp3) is 0.250. The molecule has 3 nitrogen and oxygen atoms in total. The lowest BCUT2D eigenvalue weighted by Crippen LogP contribution is -2.11. The number of aromatic nitrogens is 2. The Morgan fingerprint density at radius 2 is 1.64 bits per heavy atom. The van der Waals surface area contributed by atoms with E-state index < -0.39 is 0 Å². The molecule has 0 fully saturated rings. The molecule has 4 heteroatoms. The molecule has 0 saturated heterocycles. The molecule has 28 heavy (non-hydrogen) atoms. The number of benzene rings is 2. The minimum Gasteiger partial charge on any atom is -0.306 e. The highest BCUT2D eigenvalue weighted by Gasteiger charge is 2.19. The van der Waals surface area contributed by atoms with Crippen molar-refractivity contribution in [3.05, 3.63) is 75.4 Å². The van der Waals surface area contributed by atoms with Crippen LogP contribution in [0.3, 0.4) is 0 Å². The maximum Gasteiger partial charge on any atom is 0.260 e. The highest BCUT2D eigenvalue weighted by atomic mass is 32.1. The second-order valence-electron chi connectivity index (χ2n) is 8.04. The van der Waals surface area contributed by atoms with E-state index in [1.165, 1.54) is 10.4 Å². The average molecular weight is 389 g/mol. The van der Waals surface area contributed by atoms with Gasteiger partial charge in [0.25, 0.3) is 5.56 Å². The maximum absolute atomic E-state index is 13.0. The summed E-state index contributed by atoms with van der Waals surface area (Å²) in [5, 5.41) is 0.699. The topological polar surface area (TPSA) is 45.8 Å². The molecular formula is C24H24N2OS. The van der Waals surface area contributed by atoms with E-state index in [0.29, 0.717) is 11.2 Å². The zero-order chi connectivity index (χ0) is 19.9. The van der Waals surface area contributed by atoms with Crippen molar-refractivity contribution in [3.8, 4) is 22.5 Å². The normalized spacial score (nSPS) is 11.9. The second kappa shape index (κ2) is 7.02. The van der Waals surface area contributed by atoms with Gasteiger partial charge in [-0.3, -0.25) is 4.79 Å². The first-order chi connectivity index (χ1) is 13.4. The summed E-state index contributed by atoms with van der Waals surface area (Å²) >= 11 is 1.62. The summed E-state index contributed by atoms with van der Waals surface area (Å²) in [4.78, 5) is 22.8. The number of aromatic amines is 1. The van der Waals surface area contributed by atoms with Crippen molar-refractivity contribution < 1.29 is 0 Å². The van der Waals surface area contributed by atoms with Gasteiger partial charge in [0.05, 0.1) is 5.39 Å². The minimum absolute atomic E-state index is 0.0744. The molecule has 0 aliphatic carbocycles. The van der Waals surface area contributed by atoms with Gasteiger partial charge < -0.3 is 4.98 Å². The van der Waals surface area contributed by atoms with Gasteiger partial charge in [0.1, 0.15) is 10.7 Å². The van der Waals surface area contributed by atoms with Gasteiger partial charge in [-0.2, -0.15) is 0 Å². The molecule has 0 unspecified atom stereocenters. The molecular weight excluding hydrogens is 364 g/mol. The molecule has 0 aliphatic heterocycles. The predicted octanol–water partition coefficient (Wildman–Crippen LogP) is 6.18. The SMILES string of the molecule is CCc1sc2nc(-c3ccccc3)[nH]c(=O)c2c1-c1ccc(C(C)(C)C)cc1. The summed E-state index contributed by atoms with van der Waals surface area (Å²) in [6, 6.07) is 18.4. The van der Waals surface area contributed by atoms with Gasteiger partial charge >= 0.3 is 0 Å². The Bertz CT molecular complexity index is 1180. The first kappa shape index (κ1) is 18.6. The molecule has 0 bridgehead atoms. The number of rotatable bonds is 3. The molecule has 0 amide bonds. The first-order valence-electron chi connectivity index (χ1n) is 9.60. The van der Waals surface area contributed by atoms with Crippen LogP contribution in [0.25, 0.3) is 32.7 Å². The van der Waals surface area contributed by atoms with E-state index in [1.807, 2.05) is 30.3 Å². The van der Waals surface area contributed by atoms with Crippen LogP contribution in [0, 0.1) is 0 Å². The van der Waals surface area contributed by atoms with Crippen LogP contribution in [0.5, 0.6) is 0 Å². The van der Waals surface area contributed by atoms with Crippen LogP contribution in [-0.4, -0.2) is 9.97 Å². The highest BCUT2D eigenvalue weighted by Crippen LogP contribution is 2.37. The molecule has 142 valence electrons. The third-order valence-electron chi connectivity index (χ3n) is 5.04. The number of H-pyrrole nitrogens is 1. The lowest BCUT2D eigenvalue weighted by Gasteiger charge is -2.19. The van der Waals surface area contributed by atoms with Gasteiger partial charge in [0.15, 0.2) is 0 Å². The van der Waals surface area contributed by atoms with Gasteiger partial charge in [0.2, 0.25) is 0 Å². The van der Waals surface area contributed by atoms with Crippen LogP contribution >= 0.6 is 11.3 Å². The molecule has 2 aromatic heterocycles. The largest absolute Gasteiger partial charge is 0.306 e. The molecule has 0 radical (unpaired) electrons. The number of nitrogens with zero attached hydrogens (tertiary/aromatic N) is 1. The van der Waals surface area contributed by atoms with E-state index in [2.05, 4.69) is 56.9 Å². The molecule has 0 atom stereocenters. The van der Waals surface area contributed by atoms with Crippen molar-refractivity contribution in [1.82, 2.24) is 9.97 Å². The summed E-state index contributed by atoms with van der Waals surface area (Å²) in [5.74, 6) is 0.622. The Morgan fingerprint density at radius 1 is 0.964 bits per heavy atom. The number of aryl methyl sites for hydroxylation is 1. The fourth-order valence-corrected chi connectivity index (χ4v) is 4.61. The highest BCUT2D eigenvalue weighted by molar-refractivity contribution is 7.19. The Morgan fingerprint density at radius 3 is 2.25 bits per heavy atom. The van der Waals surface area contributed by atoms with Crippen LogP contribution in [0.2, 0.25) is 0 Å². The van der Waals surface area contributed by atoms with E-state index in [9.17, 15) is 4.79 Å². The summed E-state index contributed by atoms with van der Waals surface area (Å²) < 4.78 is 0. The number of nitrogens with one attached hydrogen (secondary N) is 1. The van der Waals surface area contributed by atoms with Crippen LogP contribution < -0.4 is 5.56 Å². The van der Waals surface area contributed by atoms with Gasteiger partial charge in [-0.05, 0) is 23.0 Å². The van der Waals surface area contributed by atoms with Gasteiger partial charge in [-0.1, -0.05) is 82.3 Å². The minimum atomic E-state index is -0.0744. The molecule has 0 saturated carbocycles. The van der Waals surface area contributed by atoms with Crippen molar-refractivity contribution in [3.63, 3.8) is 0 Å². The lowest BCUT2D eigenvalue weighted by molar-refractivity contribution is 0.590. The number of thiophene rings is 1. The maximum atomic E-state index is 13.0. The zero-order valence-electron chi connectivity index (χ0n) is 16.7. The zero-order valence-corrected chi connectivity index (χ0v) is 17.5. The van der Waals surface area contributed by atoms with Gasteiger partial charge in [-0.25, -0.2) is 4.98 Å². The Balaban J connectivity index is 1.91. The fourth-order valence-electron chi connectivity index (χ4n) is 3.48. The quantitative estimate of drug-likeness (QED) is 0.455. The van der Waals surface area contributed by atoms with E-state index in [-0.39, 0.29) is 11.0 Å². The Hall–Kier alpha value is -2.72. The van der Waals surface area contributed by atoms with Crippen molar-refractivity contribution in [2.24, 2.45) is 0 Å². The molecule has 2 aromatic carbocycles. The van der Waals surface area contributed by atoms with Crippen LogP contribution in [0.15, 0.2) is 59.4 Å². The average Bonchev–Trinajstić information content (AvgIpc) is 3.07. The third kappa shape index (κ3) is 3.29. The van der Waals surface area contributed by atoms with Crippen molar-refractivity contribution in [2.45, 2.75) is 39.5 Å². The molecule has 2 heterocycles. The Labute approximate surface area is 169 Å². The van der Waals surface area contributed by atoms with Crippen LogP contribution in [0.1, 0.15) is 38.1 Å². The Kier molecular flexibility index (Phi) is 4.68. The second-order valence-corrected chi connectivity index (χ2v) is 9.13. The summed E-state index contributed by atoms with van der Waals surface area (Å²) in [6.07, 6.45) is 0.873. The van der Waals surface area contributed by atoms with Crippen molar-refractivity contribution >= 4 is 21.6 Å². The van der Waals surface area contributed by atoms with Crippen molar-refractivity contribution in [2.75, 3.05) is 0 Å². The molecule has 1 N–H and O–H groups in total. The van der Waals surface area contributed by atoms with Crippen LogP contribution in [0.4, 0.5) is 0 Å². The third-order valence-corrected chi connectivity index (χ3v) is 6.27. The number of hydrogen-bond acceptors (Lipinski definition) is 3. The summed E-state index contributed by atoms with van der Waals surface area (Å²) in [6.45, 7) is 8.75. The molecule has 4 rings (SSSR count). The van der Waals surface area contributed by atoms with Crippen molar-refractivity contribution in [1.29, 1.82) is 0 Å². The van der Waals surface area contributed by atoms with E-state index in [4.69, 9.17) is 4.98 Å². The smallest absolute Gasteiger partial charge is 0.260 e. The molecule has 0 spiro atoms.